The summed E-state index contributed by atoms with van der Waals surface area (Å²) in [5.41, 5.74) is 0. The highest BCUT2D eigenvalue weighted by atomic mass is 15.2. The average molecular weight is 1020 g/mol. The van der Waals surface area contributed by atoms with E-state index in [0.717, 1.165) is 107 Å². The van der Waals surface area contributed by atoms with Gasteiger partial charge in [0, 0.05) is 48.1 Å². The normalized spacial score (nSPS) is 41.3. The first kappa shape index (κ1) is 56.2. The highest BCUT2D eigenvalue weighted by molar-refractivity contribution is 5.14. The van der Waals surface area contributed by atoms with Gasteiger partial charge in [-0.05, 0) is 238 Å². The third-order valence-electron chi connectivity index (χ3n) is 25.5. The zero-order valence-corrected chi connectivity index (χ0v) is 48.9. The van der Waals surface area contributed by atoms with Crippen LogP contribution in [0, 0.1) is 106 Å². The molecule has 0 heterocycles. The van der Waals surface area contributed by atoms with Crippen LogP contribution < -0.4 is 0 Å². The molecule has 10 rings (SSSR count). The Balaban J connectivity index is 0.958. The molecule has 0 aromatic carbocycles. The Kier molecular flexibility index (Phi) is 21.5. The highest BCUT2D eigenvalue weighted by Gasteiger charge is 2.63. The van der Waals surface area contributed by atoms with Crippen LogP contribution in [0.5, 0.6) is 0 Å². The third kappa shape index (κ3) is 13.4. The molecule has 0 spiro atoms. The van der Waals surface area contributed by atoms with Crippen molar-refractivity contribution in [2.75, 3.05) is 0 Å². The number of nitriles is 2. The zero-order chi connectivity index (χ0) is 50.6. The van der Waals surface area contributed by atoms with E-state index in [2.05, 4.69) is 35.8 Å². The maximum Gasteiger partial charge on any atom is 0.0655 e. The first-order valence-electron chi connectivity index (χ1n) is 34.9. The maximum atomic E-state index is 10.2. The zero-order valence-electron chi connectivity index (χ0n) is 48.9. The molecular weight excluding hydrogens is 897 g/mol. The van der Waals surface area contributed by atoms with E-state index in [1.165, 1.54) is 295 Å². The standard InChI is InChI=1S/C70H118N4/c1-3-5-7-9-11-15-21-51-31-39-59(40-32-51)73(57-23-17-13-18-24-57)67-47-65(55-35-27-53(49-71)28-36-55)61-44-46-64-68(48-66(56-37-29-54(50-72)30-38-56)62-43-45-63(67)69(61)70(62)64)74(58-25-19-14-20-26-58)60-41-33-52(34-42-60)22-16-12-10-8-6-4-2/h51-70H,3-48H2,1-2H3. The van der Waals surface area contributed by atoms with Gasteiger partial charge in [-0.3, -0.25) is 9.80 Å². The minimum absolute atomic E-state index is 0.311. The molecule has 0 bridgehead atoms. The number of nitrogens with zero attached hydrogens (tertiary/aromatic N) is 4. The smallest absolute Gasteiger partial charge is 0.0655 e. The van der Waals surface area contributed by atoms with E-state index in [4.69, 9.17) is 0 Å². The summed E-state index contributed by atoms with van der Waals surface area (Å²) in [5, 5.41) is 20.4. The minimum atomic E-state index is 0.311. The molecule has 0 aromatic rings. The number of hydrogen-bond donors (Lipinski definition) is 0. The molecule has 0 radical (unpaired) electrons. The van der Waals surface area contributed by atoms with Gasteiger partial charge >= 0.3 is 0 Å². The highest BCUT2D eigenvalue weighted by Crippen LogP contribution is 2.67. The van der Waals surface area contributed by atoms with Crippen LogP contribution in [0.1, 0.15) is 309 Å². The van der Waals surface area contributed by atoms with Crippen molar-refractivity contribution in [1.29, 1.82) is 10.5 Å². The lowest BCUT2D eigenvalue weighted by Gasteiger charge is -2.68. The third-order valence-corrected chi connectivity index (χ3v) is 25.5. The molecule has 4 nitrogen and oxygen atoms in total. The van der Waals surface area contributed by atoms with Gasteiger partial charge in [0.1, 0.15) is 0 Å². The summed E-state index contributed by atoms with van der Waals surface area (Å²) in [5.74, 6) is 11.6. The van der Waals surface area contributed by atoms with E-state index in [-0.39, 0.29) is 0 Å². The van der Waals surface area contributed by atoms with Crippen molar-refractivity contribution in [3.8, 4) is 12.1 Å². The van der Waals surface area contributed by atoms with Gasteiger partial charge in [0.2, 0.25) is 0 Å². The van der Waals surface area contributed by atoms with Gasteiger partial charge in [-0.15, -0.1) is 0 Å². The average Bonchev–Trinajstić information content (AvgIpc) is 3.46. The Morgan fingerprint density at radius 2 is 0.662 bits per heavy atom. The fourth-order valence-corrected chi connectivity index (χ4v) is 21.9. The Hall–Kier alpha value is -1.10. The molecule has 10 aliphatic rings. The van der Waals surface area contributed by atoms with Crippen molar-refractivity contribution in [2.24, 2.45) is 82.9 Å². The fraction of sp³-hybridized carbons (Fsp3) is 0.971. The van der Waals surface area contributed by atoms with E-state index in [1.807, 2.05) is 0 Å². The predicted octanol–water partition coefficient (Wildman–Crippen LogP) is 19.6. The summed E-state index contributed by atoms with van der Waals surface area (Å²) in [6, 6.07) is 10.5. The van der Waals surface area contributed by atoms with E-state index in [0.29, 0.717) is 11.8 Å². The Labute approximate surface area is 458 Å². The minimum Gasteiger partial charge on any atom is -0.294 e. The summed E-state index contributed by atoms with van der Waals surface area (Å²) in [7, 11) is 0. The van der Waals surface area contributed by atoms with Gasteiger partial charge < -0.3 is 0 Å². The van der Waals surface area contributed by atoms with Gasteiger partial charge in [-0.2, -0.15) is 10.5 Å². The fourth-order valence-electron chi connectivity index (χ4n) is 21.9. The molecule has 10 unspecified atom stereocenters. The number of unbranched alkanes of at least 4 members (excludes halogenated alkanes) is 10. The Bertz CT molecular complexity index is 1560. The molecule has 10 fully saturated rings. The first-order chi connectivity index (χ1) is 36.6. The second kappa shape index (κ2) is 28.4. The molecule has 10 saturated carbocycles. The van der Waals surface area contributed by atoms with Crippen LogP contribution in [0.3, 0.4) is 0 Å². The SMILES string of the molecule is CCCCCCCCC1CCC(N(C2CCCCC2)C2CC(C3CCC(C#N)CC3)C3CCC4C5C(CCC2C35)C(C2CCC(C#N)CC2)CC4N(C2CCCCC2)C2CCC(CCCCCCCC)CC2)CC1. The van der Waals surface area contributed by atoms with Crippen LogP contribution in [0.15, 0.2) is 0 Å². The molecule has 0 aromatic heterocycles. The van der Waals surface area contributed by atoms with Gasteiger partial charge in [0.15, 0.2) is 0 Å². The monoisotopic (exact) mass is 1010 g/mol. The molecule has 0 saturated heterocycles. The van der Waals surface area contributed by atoms with Crippen molar-refractivity contribution in [3.63, 3.8) is 0 Å². The van der Waals surface area contributed by atoms with Crippen LogP contribution in [-0.2, 0) is 0 Å². The molecule has 0 amide bonds. The largest absolute Gasteiger partial charge is 0.294 e. The quantitative estimate of drug-likeness (QED) is 0.101. The van der Waals surface area contributed by atoms with Gasteiger partial charge in [-0.25, -0.2) is 0 Å². The molecule has 0 aliphatic heterocycles. The second-order valence-electron chi connectivity index (χ2n) is 29.3. The van der Waals surface area contributed by atoms with Crippen LogP contribution in [0.25, 0.3) is 0 Å². The molecule has 418 valence electrons. The summed E-state index contributed by atoms with van der Waals surface area (Å²) in [6.45, 7) is 4.72. The molecule has 4 heteroatoms. The number of rotatable bonds is 22. The lowest BCUT2D eigenvalue weighted by molar-refractivity contribution is -0.189. The van der Waals surface area contributed by atoms with Crippen molar-refractivity contribution < 1.29 is 0 Å². The summed E-state index contributed by atoms with van der Waals surface area (Å²) in [4.78, 5) is 6.97. The van der Waals surface area contributed by atoms with Crippen LogP contribution in [0.2, 0.25) is 0 Å². The lowest BCUT2D eigenvalue weighted by Crippen LogP contribution is -2.67. The van der Waals surface area contributed by atoms with Crippen LogP contribution in [0.4, 0.5) is 0 Å². The van der Waals surface area contributed by atoms with E-state index < -0.39 is 0 Å². The predicted molar refractivity (Wildman–Crippen MR) is 310 cm³/mol. The van der Waals surface area contributed by atoms with Crippen molar-refractivity contribution in [2.45, 2.75) is 345 Å². The van der Waals surface area contributed by atoms with Crippen molar-refractivity contribution in [1.82, 2.24) is 9.80 Å². The molecule has 10 atom stereocenters. The van der Waals surface area contributed by atoms with E-state index in [1.54, 1.807) is 0 Å². The second-order valence-corrected chi connectivity index (χ2v) is 29.3. The topological polar surface area (TPSA) is 54.1 Å². The Morgan fingerprint density at radius 3 is 1.03 bits per heavy atom. The Morgan fingerprint density at radius 1 is 0.324 bits per heavy atom. The van der Waals surface area contributed by atoms with E-state index in [9.17, 15) is 10.5 Å². The lowest BCUT2D eigenvalue weighted by atomic mass is 9.41. The van der Waals surface area contributed by atoms with Crippen LogP contribution >= 0.6 is 0 Å². The molecule has 74 heavy (non-hydrogen) atoms. The van der Waals surface area contributed by atoms with Gasteiger partial charge in [0.25, 0.3) is 0 Å². The first-order valence-corrected chi connectivity index (χ1v) is 34.9. The molecule has 10 aliphatic carbocycles. The van der Waals surface area contributed by atoms with Gasteiger partial charge in [-0.1, -0.05) is 142 Å². The van der Waals surface area contributed by atoms with Gasteiger partial charge in [0.05, 0.1) is 12.1 Å². The summed E-state index contributed by atoms with van der Waals surface area (Å²) in [6.07, 6.45) is 66.4. The van der Waals surface area contributed by atoms with Crippen molar-refractivity contribution in [3.05, 3.63) is 0 Å². The van der Waals surface area contributed by atoms with E-state index >= 15 is 0 Å². The molecule has 0 N–H and O–H groups in total. The maximum absolute atomic E-state index is 10.2. The van der Waals surface area contributed by atoms with Crippen molar-refractivity contribution >= 4 is 0 Å². The molecular formula is C70H118N4. The summed E-state index contributed by atoms with van der Waals surface area (Å²) >= 11 is 0. The van der Waals surface area contributed by atoms with Crippen LogP contribution in [-0.4, -0.2) is 46.1 Å². The number of hydrogen-bond acceptors (Lipinski definition) is 4. The summed E-state index contributed by atoms with van der Waals surface area (Å²) < 4.78 is 0.